The topological polar surface area (TPSA) is 52.6 Å². The Balaban J connectivity index is 2.93. The van der Waals surface area contributed by atoms with E-state index >= 15 is 0 Å². The molecule has 101 valence electrons. The van der Waals surface area contributed by atoms with E-state index < -0.39 is 0 Å². The highest BCUT2D eigenvalue weighted by molar-refractivity contribution is 6.62. The summed E-state index contributed by atoms with van der Waals surface area (Å²) in [6.07, 6.45) is 2.06. The van der Waals surface area contributed by atoms with Crippen molar-refractivity contribution in [3.05, 3.63) is 29.3 Å². The van der Waals surface area contributed by atoms with E-state index in [2.05, 4.69) is 21.9 Å². The van der Waals surface area contributed by atoms with E-state index in [1.807, 2.05) is 0 Å². The molecule has 0 aromatic heterocycles. The molecule has 0 spiro atoms. The molecule has 1 aromatic carbocycles. The first kappa shape index (κ1) is 15.4. The maximum atomic E-state index is 11.4. The van der Waals surface area contributed by atoms with Crippen molar-refractivity contribution in [3.63, 3.8) is 0 Å². The van der Waals surface area contributed by atoms with Gasteiger partial charge in [-0.25, -0.2) is 0 Å². The summed E-state index contributed by atoms with van der Waals surface area (Å²) < 4.78 is 10.3. The highest BCUT2D eigenvalue weighted by Gasteiger charge is 2.12. The summed E-state index contributed by atoms with van der Waals surface area (Å²) in [6.45, 7) is 2.66. The molecule has 0 unspecified atom stereocenters. The van der Waals surface area contributed by atoms with Crippen LogP contribution in [0, 0.1) is 0 Å². The molecule has 0 aliphatic carbocycles. The second-order valence-electron chi connectivity index (χ2n) is 4.11. The molecule has 0 fully saturated rings. The van der Waals surface area contributed by atoms with Gasteiger partial charge in [0.25, 0.3) is 0 Å². The lowest BCUT2D eigenvalue weighted by atomic mass is 10.1. The first-order valence-electron chi connectivity index (χ1n) is 6.17. The van der Waals surface area contributed by atoms with Crippen molar-refractivity contribution in [2.45, 2.75) is 26.2 Å². The van der Waals surface area contributed by atoms with Crippen LogP contribution in [0.25, 0.3) is 0 Å². The van der Waals surface area contributed by atoms with E-state index in [0.29, 0.717) is 23.5 Å². The van der Waals surface area contributed by atoms with E-state index in [0.717, 1.165) is 12.8 Å². The quantitative estimate of drug-likeness (QED) is 0.434. The first-order chi connectivity index (χ1) is 9.08. The lowest BCUT2D eigenvalue weighted by Gasteiger charge is -2.11. The SMILES string of the molecule is CCCCOc1ccc(C(=O)[Si])cc1CC(=O)OC. The highest BCUT2D eigenvalue weighted by Crippen LogP contribution is 2.21. The van der Waals surface area contributed by atoms with Gasteiger partial charge in [0.05, 0.1) is 20.1 Å². The number of rotatable bonds is 7. The molecule has 0 N–H and O–H groups in total. The molecule has 0 aliphatic heterocycles. The van der Waals surface area contributed by atoms with Crippen LogP contribution in [0.4, 0.5) is 0 Å². The number of benzene rings is 1. The summed E-state index contributed by atoms with van der Waals surface area (Å²) in [5.41, 5.74) is 1.14. The monoisotopic (exact) mass is 277 g/mol. The normalized spacial score (nSPS) is 10.1. The standard InChI is InChI=1S/C14H17O4Si/c1-3-4-7-18-12-6-5-10(14(16)19)8-11(12)9-13(15)17-2/h5-6,8H,3-4,7,9H2,1-2H3. The zero-order valence-electron chi connectivity index (χ0n) is 11.2. The lowest BCUT2D eigenvalue weighted by molar-refractivity contribution is -0.139. The van der Waals surface area contributed by atoms with Crippen LogP contribution >= 0.6 is 0 Å². The molecule has 0 atom stereocenters. The highest BCUT2D eigenvalue weighted by atomic mass is 28.1. The Labute approximate surface area is 116 Å². The molecular formula is C14H17O4Si. The van der Waals surface area contributed by atoms with Gasteiger partial charge in [-0.3, -0.25) is 4.79 Å². The number of esters is 1. The maximum absolute atomic E-state index is 11.4. The van der Waals surface area contributed by atoms with Gasteiger partial charge < -0.3 is 14.3 Å². The third-order valence-electron chi connectivity index (χ3n) is 2.64. The second kappa shape index (κ2) is 7.73. The summed E-state index contributed by atoms with van der Waals surface area (Å²) in [6, 6.07) is 5.02. The smallest absolute Gasteiger partial charge is 0.310 e. The molecule has 0 amide bonds. The van der Waals surface area contributed by atoms with Gasteiger partial charge in [0.1, 0.15) is 21.4 Å². The molecule has 4 nitrogen and oxygen atoms in total. The molecule has 0 bridgehead atoms. The van der Waals surface area contributed by atoms with Crippen molar-refractivity contribution >= 4 is 21.6 Å². The van der Waals surface area contributed by atoms with Crippen molar-refractivity contribution in [1.82, 2.24) is 0 Å². The fourth-order valence-electron chi connectivity index (χ4n) is 1.55. The molecule has 0 heterocycles. The third-order valence-corrected chi connectivity index (χ3v) is 2.93. The van der Waals surface area contributed by atoms with Gasteiger partial charge in [0.15, 0.2) is 0 Å². The Kier molecular flexibility index (Phi) is 6.28. The lowest BCUT2D eigenvalue weighted by Crippen LogP contribution is -2.09. The summed E-state index contributed by atoms with van der Waals surface area (Å²) in [4.78, 5) is 22.7. The Morgan fingerprint density at radius 2 is 2.05 bits per heavy atom. The minimum Gasteiger partial charge on any atom is -0.493 e. The van der Waals surface area contributed by atoms with E-state index in [4.69, 9.17) is 4.74 Å². The molecule has 5 heteroatoms. The summed E-state index contributed by atoms with van der Waals surface area (Å²) in [5, 5.41) is -0.230. The summed E-state index contributed by atoms with van der Waals surface area (Å²) >= 11 is 0. The predicted molar refractivity (Wildman–Crippen MR) is 72.6 cm³/mol. The molecule has 0 saturated carbocycles. The average Bonchev–Trinajstić information content (AvgIpc) is 2.40. The number of methoxy groups -OCH3 is 1. The zero-order chi connectivity index (χ0) is 14.3. The van der Waals surface area contributed by atoms with Crippen LogP contribution in [0.3, 0.4) is 0 Å². The van der Waals surface area contributed by atoms with Crippen LogP contribution in [0.15, 0.2) is 18.2 Å². The van der Waals surface area contributed by atoms with Gasteiger partial charge in [-0.15, -0.1) is 0 Å². The summed E-state index contributed by atoms with van der Waals surface area (Å²) in [7, 11) is 4.28. The minimum atomic E-state index is -0.362. The van der Waals surface area contributed by atoms with Crippen molar-refractivity contribution < 1.29 is 19.1 Å². The molecule has 1 aromatic rings. The van der Waals surface area contributed by atoms with Crippen LogP contribution in [-0.4, -0.2) is 35.3 Å². The van der Waals surface area contributed by atoms with E-state index in [9.17, 15) is 9.59 Å². The third kappa shape index (κ3) is 4.87. The Hall–Kier alpha value is -1.62. The number of carbonyl (C=O) groups excluding carboxylic acids is 2. The van der Waals surface area contributed by atoms with Gasteiger partial charge in [-0.1, -0.05) is 13.3 Å². The maximum Gasteiger partial charge on any atom is 0.310 e. The van der Waals surface area contributed by atoms with Crippen molar-refractivity contribution in [2.75, 3.05) is 13.7 Å². The van der Waals surface area contributed by atoms with Gasteiger partial charge in [-0.2, -0.15) is 0 Å². The zero-order valence-corrected chi connectivity index (χ0v) is 12.2. The fourth-order valence-corrected chi connectivity index (χ4v) is 1.71. The van der Waals surface area contributed by atoms with Crippen molar-refractivity contribution in [2.24, 2.45) is 0 Å². The first-order valence-corrected chi connectivity index (χ1v) is 6.67. The minimum absolute atomic E-state index is 0.0886. The molecule has 0 aliphatic rings. The number of carbonyl (C=O) groups is 2. The number of hydrogen-bond donors (Lipinski definition) is 0. The number of hydrogen-bond acceptors (Lipinski definition) is 4. The summed E-state index contributed by atoms with van der Waals surface area (Å²) in [5.74, 6) is 0.259. The van der Waals surface area contributed by atoms with Gasteiger partial charge >= 0.3 is 5.97 Å². The fraction of sp³-hybridized carbons (Fsp3) is 0.429. The average molecular weight is 277 g/mol. The molecular weight excluding hydrogens is 260 g/mol. The van der Waals surface area contributed by atoms with E-state index in [1.165, 1.54) is 7.11 Å². The molecule has 3 radical (unpaired) electrons. The molecule has 19 heavy (non-hydrogen) atoms. The Morgan fingerprint density at radius 3 is 2.63 bits per heavy atom. The van der Waals surface area contributed by atoms with Crippen molar-refractivity contribution in [3.8, 4) is 5.75 Å². The molecule has 1 rings (SSSR count). The Morgan fingerprint density at radius 1 is 1.32 bits per heavy atom. The molecule has 0 saturated heterocycles. The second-order valence-corrected chi connectivity index (χ2v) is 4.56. The van der Waals surface area contributed by atoms with Crippen LogP contribution < -0.4 is 4.74 Å². The van der Waals surface area contributed by atoms with Gasteiger partial charge in [0.2, 0.25) is 0 Å². The van der Waals surface area contributed by atoms with Crippen molar-refractivity contribution in [1.29, 1.82) is 0 Å². The largest absolute Gasteiger partial charge is 0.493 e. The van der Waals surface area contributed by atoms with Gasteiger partial charge in [-0.05, 0) is 24.6 Å². The van der Waals surface area contributed by atoms with Crippen LogP contribution in [0.5, 0.6) is 5.75 Å². The predicted octanol–water partition coefficient (Wildman–Crippen LogP) is 1.89. The van der Waals surface area contributed by atoms with E-state index in [1.54, 1.807) is 18.2 Å². The van der Waals surface area contributed by atoms with Crippen LogP contribution in [0.2, 0.25) is 0 Å². The number of ether oxygens (including phenoxy) is 2. The van der Waals surface area contributed by atoms with E-state index in [-0.39, 0.29) is 17.8 Å². The Bertz CT molecular complexity index is 457. The van der Waals surface area contributed by atoms with Crippen LogP contribution in [-0.2, 0) is 16.0 Å². The number of unbranched alkanes of at least 4 members (excludes halogenated alkanes) is 1. The van der Waals surface area contributed by atoms with Crippen LogP contribution in [0.1, 0.15) is 35.7 Å². The van der Waals surface area contributed by atoms with Gasteiger partial charge in [0, 0.05) is 11.1 Å².